The van der Waals surface area contributed by atoms with Gasteiger partial charge in [0.15, 0.2) is 0 Å². The highest BCUT2D eigenvalue weighted by atomic mass is 32.2. The van der Waals surface area contributed by atoms with Crippen molar-refractivity contribution in [2.75, 3.05) is 5.75 Å². The molecule has 84 valence electrons. The summed E-state index contributed by atoms with van der Waals surface area (Å²) >= 11 is 1.89. The molecule has 0 aliphatic carbocycles. The van der Waals surface area contributed by atoms with Crippen molar-refractivity contribution < 1.29 is 9.59 Å². The molecule has 1 spiro atoms. The van der Waals surface area contributed by atoms with E-state index in [2.05, 4.69) is 12.2 Å². The van der Waals surface area contributed by atoms with Gasteiger partial charge in [-0.1, -0.05) is 13.8 Å². The van der Waals surface area contributed by atoms with E-state index in [0.29, 0.717) is 11.7 Å². The maximum atomic E-state index is 11.8. The van der Waals surface area contributed by atoms with Gasteiger partial charge >= 0.3 is 0 Å². The molecule has 15 heavy (non-hydrogen) atoms. The van der Waals surface area contributed by atoms with E-state index >= 15 is 0 Å². The van der Waals surface area contributed by atoms with E-state index in [-0.39, 0.29) is 23.1 Å². The van der Waals surface area contributed by atoms with E-state index < -0.39 is 0 Å². The third-order valence-corrected chi connectivity index (χ3v) is 5.07. The van der Waals surface area contributed by atoms with E-state index in [1.807, 2.05) is 18.7 Å². The molecule has 3 atom stereocenters. The summed E-state index contributed by atoms with van der Waals surface area (Å²) in [5.41, 5.74) is -0.0434. The number of hydrogen-bond acceptors (Lipinski definition) is 3. The van der Waals surface area contributed by atoms with Crippen LogP contribution in [0.2, 0.25) is 0 Å². The minimum Gasteiger partial charge on any atom is -0.296 e. The molecule has 3 unspecified atom stereocenters. The molecule has 2 saturated heterocycles. The molecule has 2 fully saturated rings. The Labute approximate surface area is 94.4 Å². The van der Waals surface area contributed by atoms with E-state index in [1.54, 1.807) is 0 Å². The van der Waals surface area contributed by atoms with Gasteiger partial charge in [-0.3, -0.25) is 14.9 Å². The maximum absolute atomic E-state index is 11.8. The van der Waals surface area contributed by atoms with Crippen molar-refractivity contribution in [1.29, 1.82) is 0 Å². The molecule has 2 amide bonds. The lowest BCUT2D eigenvalue weighted by atomic mass is 9.68. The Morgan fingerprint density at radius 2 is 2.27 bits per heavy atom. The van der Waals surface area contributed by atoms with Crippen LogP contribution in [0.4, 0.5) is 0 Å². The molecule has 1 N–H and O–H groups in total. The first-order valence-corrected chi connectivity index (χ1v) is 6.57. The van der Waals surface area contributed by atoms with Crippen LogP contribution in [0.25, 0.3) is 0 Å². The van der Waals surface area contributed by atoms with Crippen molar-refractivity contribution in [3.63, 3.8) is 0 Å². The molecule has 0 aromatic heterocycles. The van der Waals surface area contributed by atoms with E-state index in [1.165, 1.54) is 0 Å². The van der Waals surface area contributed by atoms with Crippen LogP contribution < -0.4 is 5.32 Å². The van der Waals surface area contributed by atoms with Crippen molar-refractivity contribution >= 4 is 23.6 Å². The Morgan fingerprint density at radius 3 is 2.80 bits per heavy atom. The summed E-state index contributed by atoms with van der Waals surface area (Å²) in [6.07, 6.45) is 2.39. The lowest BCUT2D eigenvalue weighted by Crippen LogP contribution is -2.52. The van der Waals surface area contributed by atoms with Crippen LogP contribution in [0.15, 0.2) is 0 Å². The second-order valence-corrected chi connectivity index (χ2v) is 6.16. The first-order valence-electron chi connectivity index (χ1n) is 5.53. The minimum absolute atomic E-state index is 0.0349. The Morgan fingerprint density at radius 1 is 1.53 bits per heavy atom. The smallest absolute Gasteiger partial charge is 0.230 e. The SMILES string of the molecule is CCC1C(=O)NC(=O)CC12CSC(C)C2. The summed E-state index contributed by atoms with van der Waals surface area (Å²) in [5.74, 6) is 0.863. The average molecular weight is 227 g/mol. The number of carbonyl (C=O) groups is 2. The van der Waals surface area contributed by atoms with Crippen molar-refractivity contribution in [2.45, 2.75) is 38.4 Å². The lowest BCUT2D eigenvalue weighted by Gasteiger charge is -2.38. The maximum Gasteiger partial charge on any atom is 0.230 e. The number of imide groups is 1. The van der Waals surface area contributed by atoms with Crippen LogP contribution in [-0.4, -0.2) is 22.8 Å². The lowest BCUT2D eigenvalue weighted by molar-refractivity contribution is -0.142. The Kier molecular flexibility index (Phi) is 2.79. The van der Waals surface area contributed by atoms with Gasteiger partial charge in [-0.25, -0.2) is 0 Å². The first kappa shape index (κ1) is 11.0. The average Bonchev–Trinajstić information content (AvgIpc) is 2.47. The molecule has 0 aromatic rings. The van der Waals surface area contributed by atoms with Crippen LogP contribution in [0, 0.1) is 11.3 Å². The molecular weight excluding hydrogens is 210 g/mol. The number of hydrogen-bond donors (Lipinski definition) is 1. The Bertz CT molecular complexity index is 305. The number of rotatable bonds is 1. The third kappa shape index (κ3) is 1.80. The molecule has 0 radical (unpaired) electrons. The largest absolute Gasteiger partial charge is 0.296 e. The van der Waals surface area contributed by atoms with E-state index in [0.717, 1.165) is 18.6 Å². The van der Waals surface area contributed by atoms with Gasteiger partial charge < -0.3 is 0 Å². The van der Waals surface area contributed by atoms with Crippen LogP contribution >= 0.6 is 11.8 Å². The molecule has 0 bridgehead atoms. The molecule has 2 aliphatic heterocycles. The summed E-state index contributed by atoms with van der Waals surface area (Å²) in [5, 5.41) is 3.04. The van der Waals surface area contributed by atoms with Gasteiger partial charge in [-0.05, 0) is 12.8 Å². The topological polar surface area (TPSA) is 46.2 Å². The van der Waals surface area contributed by atoms with Gasteiger partial charge in [-0.2, -0.15) is 11.8 Å². The molecule has 2 heterocycles. The summed E-state index contributed by atoms with van der Waals surface area (Å²) in [6.45, 7) is 4.22. The summed E-state index contributed by atoms with van der Waals surface area (Å²) < 4.78 is 0. The fraction of sp³-hybridized carbons (Fsp3) is 0.818. The Hall–Kier alpha value is -0.510. The van der Waals surface area contributed by atoms with Crippen LogP contribution in [0.5, 0.6) is 0 Å². The fourth-order valence-electron chi connectivity index (χ4n) is 2.97. The normalized spacial score (nSPS) is 40.9. The van der Waals surface area contributed by atoms with Gasteiger partial charge in [0.05, 0.1) is 0 Å². The highest BCUT2D eigenvalue weighted by Gasteiger charge is 2.50. The number of nitrogens with one attached hydrogen (secondary N) is 1. The van der Waals surface area contributed by atoms with Crippen LogP contribution in [0.1, 0.15) is 33.1 Å². The van der Waals surface area contributed by atoms with E-state index in [9.17, 15) is 9.59 Å². The Balaban J connectivity index is 2.26. The first-order chi connectivity index (χ1) is 7.07. The standard InChI is InChI=1S/C11H17NO2S/c1-3-8-10(14)12-9(13)5-11(8)4-7(2)15-6-11/h7-8H,3-6H2,1-2H3,(H,12,13,14). The second-order valence-electron chi connectivity index (χ2n) is 4.74. The molecular formula is C11H17NO2S. The highest BCUT2D eigenvalue weighted by molar-refractivity contribution is 8.00. The van der Waals surface area contributed by atoms with Crippen LogP contribution in [0.3, 0.4) is 0 Å². The quantitative estimate of drug-likeness (QED) is 0.692. The number of carbonyl (C=O) groups excluding carboxylic acids is 2. The fourth-order valence-corrected chi connectivity index (χ4v) is 4.46. The van der Waals surface area contributed by atoms with Gasteiger partial charge in [0, 0.05) is 28.8 Å². The predicted molar refractivity (Wildman–Crippen MR) is 60.5 cm³/mol. The zero-order valence-electron chi connectivity index (χ0n) is 9.21. The molecule has 0 aromatic carbocycles. The molecule has 4 heteroatoms. The monoisotopic (exact) mass is 227 g/mol. The van der Waals surface area contributed by atoms with Crippen molar-refractivity contribution in [3.8, 4) is 0 Å². The summed E-state index contributed by atoms with van der Waals surface area (Å²) in [6, 6.07) is 0. The molecule has 2 aliphatic rings. The zero-order valence-corrected chi connectivity index (χ0v) is 10.0. The number of amides is 2. The number of piperidine rings is 1. The van der Waals surface area contributed by atoms with Crippen molar-refractivity contribution in [1.82, 2.24) is 5.32 Å². The van der Waals surface area contributed by atoms with Crippen LogP contribution in [-0.2, 0) is 9.59 Å². The van der Waals surface area contributed by atoms with Crippen molar-refractivity contribution in [2.24, 2.45) is 11.3 Å². The van der Waals surface area contributed by atoms with Gasteiger partial charge in [-0.15, -0.1) is 0 Å². The van der Waals surface area contributed by atoms with Crippen molar-refractivity contribution in [3.05, 3.63) is 0 Å². The zero-order chi connectivity index (χ0) is 11.1. The molecule has 2 rings (SSSR count). The predicted octanol–water partition coefficient (Wildman–Crippen LogP) is 1.57. The minimum atomic E-state index is -0.0839. The second kappa shape index (κ2) is 3.81. The third-order valence-electron chi connectivity index (χ3n) is 3.59. The number of thioether (sulfide) groups is 1. The summed E-state index contributed by atoms with van der Waals surface area (Å²) in [4.78, 5) is 23.2. The molecule has 0 saturated carbocycles. The highest BCUT2D eigenvalue weighted by Crippen LogP contribution is 2.50. The van der Waals surface area contributed by atoms with Gasteiger partial charge in [0.2, 0.25) is 11.8 Å². The van der Waals surface area contributed by atoms with Gasteiger partial charge in [0.25, 0.3) is 0 Å². The molecule has 3 nitrogen and oxygen atoms in total. The van der Waals surface area contributed by atoms with Gasteiger partial charge in [0.1, 0.15) is 0 Å². The van der Waals surface area contributed by atoms with E-state index in [4.69, 9.17) is 0 Å². The summed E-state index contributed by atoms with van der Waals surface area (Å²) in [7, 11) is 0.